The van der Waals surface area contributed by atoms with Crippen molar-refractivity contribution in [3.05, 3.63) is 41.5 Å². The van der Waals surface area contributed by atoms with Crippen LogP contribution in [0.2, 0.25) is 10.1 Å². The summed E-state index contributed by atoms with van der Waals surface area (Å²) in [5.41, 5.74) is 2.70. The van der Waals surface area contributed by atoms with E-state index < -0.39 is 8.56 Å². The van der Waals surface area contributed by atoms with Crippen molar-refractivity contribution in [3.63, 3.8) is 0 Å². The standard InChI is InChI=1S/C19H30O2Si/c1-15(2)18(3,4)22(20-6,21-7)19(5)13-12-16-10-8-9-11-17(16)14-19/h8-13,15H,14H2,1-7H3. The molecule has 1 atom stereocenters. The van der Waals surface area contributed by atoms with Gasteiger partial charge in [-0.05, 0) is 23.5 Å². The van der Waals surface area contributed by atoms with E-state index in [-0.39, 0.29) is 10.1 Å². The quantitative estimate of drug-likeness (QED) is 0.696. The lowest BCUT2D eigenvalue weighted by Gasteiger charge is -2.53. The van der Waals surface area contributed by atoms with Gasteiger partial charge in [0.25, 0.3) is 0 Å². The van der Waals surface area contributed by atoms with Gasteiger partial charge >= 0.3 is 8.56 Å². The zero-order chi connectivity index (χ0) is 16.6. The van der Waals surface area contributed by atoms with Crippen LogP contribution in [0.3, 0.4) is 0 Å². The fraction of sp³-hybridized carbons (Fsp3) is 0.579. The molecule has 1 aromatic carbocycles. The van der Waals surface area contributed by atoms with Crippen LogP contribution in [-0.4, -0.2) is 22.8 Å². The van der Waals surface area contributed by atoms with Crippen molar-refractivity contribution in [1.29, 1.82) is 0 Å². The van der Waals surface area contributed by atoms with Gasteiger partial charge in [0.2, 0.25) is 0 Å². The van der Waals surface area contributed by atoms with Crippen LogP contribution in [0.15, 0.2) is 30.3 Å². The number of allylic oxidation sites excluding steroid dienone is 1. The number of rotatable bonds is 5. The molecule has 0 fully saturated rings. The Labute approximate surface area is 136 Å². The third-order valence-corrected chi connectivity index (χ3v) is 11.1. The van der Waals surface area contributed by atoms with Crippen LogP contribution in [0.1, 0.15) is 45.7 Å². The Morgan fingerprint density at radius 3 is 2.27 bits per heavy atom. The first kappa shape index (κ1) is 17.5. The van der Waals surface area contributed by atoms with E-state index >= 15 is 0 Å². The van der Waals surface area contributed by atoms with E-state index in [1.807, 2.05) is 14.2 Å². The molecule has 0 heterocycles. The van der Waals surface area contributed by atoms with Crippen LogP contribution in [0.5, 0.6) is 0 Å². The zero-order valence-corrected chi connectivity index (χ0v) is 16.1. The van der Waals surface area contributed by atoms with Gasteiger partial charge in [-0.2, -0.15) is 0 Å². The molecule has 3 heteroatoms. The Balaban J connectivity index is 2.55. The summed E-state index contributed by atoms with van der Waals surface area (Å²) in [6, 6.07) is 8.63. The first-order valence-electron chi connectivity index (χ1n) is 8.11. The topological polar surface area (TPSA) is 18.5 Å². The van der Waals surface area contributed by atoms with E-state index in [0.29, 0.717) is 5.92 Å². The second-order valence-corrected chi connectivity index (χ2v) is 12.0. The predicted molar refractivity (Wildman–Crippen MR) is 96.2 cm³/mol. The molecule has 1 aromatic rings. The van der Waals surface area contributed by atoms with Crippen LogP contribution < -0.4 is 0 Å². The second-order valence-electron chi connectivity index (χ2n) is 7.53. The summed E-state index contributed by atoms with van der Waals surface area (Å²) in [6.07, 6.45) is 5.55. The van der Waals surface area contributed by atoms with Crippen LogP contribution in [0, 0.1) is 5.92 Å². The minimum atomic E-state index is -2.51. The van der Waals surface area contributed by atoms with E-state index in [0.717, 1.165) is 6.42 Å². The maximum atomic E-state index is 6.24. The van der Waals surface area contributed by atoms with Crippen molar-refractivity contribution in [1.82, 2.24) is 0 Å². The summed E-state index contributed by atoms with van der Waals surface area (Å²) in [6.45, 7) is 11.4. The highest BCUT2D eigenvalue weighted by atomic mass is 28.4. The summed E-state index contributed by atoms with van der Waals surface area (Å²) in [4.78, 5) is 0. The summed E-state index contributed by atoms with van der Waals surface area (Å²) >= 11 is 0. The minimum Gasteiger partial charge on any atom is -0.397 e. The van der Waals surface area contributed by atoms with E-state index in [2.05, 4.69) is 71.0 Å². The van der Waals surface area contributed by atoms with Crippen molar-refractivity contribution < 1.29 is 8.85 Å². The van der Waals surface area contributed by atoms with Crippen LogP contribution in [0.25, 0.3) is 6.08 Å². The molecule has 0 aromatic heterocycles. The van der Waals surface area contributed by atoms with Crippen LogP contribution in [-0.2, 0) is 15.3 Å². The Hall–Kier alpha value is -0.903. The molecule has 0 N–H and O–H groups in total. The lowest BCUT2D eigenvalue weighted by molar-refractivity contribution is 0.168. The van der Waals surface area contributed by atoms with Crippen molar-refractivity contribution in [2.24, 2.45) is 5.92 Å². The number of fused-ring (bicyclic) bond motifs is 1. The fourth-order valence-electron chi connectivity index (χ4n) is 4.00. The van der Waals surface area contributed by atoms with E-state index in [9.17, 15) is 0 Å². The number of hydrogen-bond acceptors (Lipinski definition) is 2. The highest BCUT2D eigenvalue weighted by Gasteiger charge is 2.63. The Morgan fingerprint density at radius 2 is 1.73 bits per heavy atom. The fourth-order valence-corrected chi connectivity index (χ4v) is 9.11. The molecule has 0 saturated heterocycles. The maximum Gasteiger partial charge on any atom is 0.354 e. The molecule has 0 amide bonds. The van der Waals surface area contributed by atoms with Gasteiger partial charge in [-0.25, -0.2) is 0 Å². The third-order valence-electron chi connectivity index (χ3n) is 5.86. The molecule has 2 nitrogen and oxygen atoms in total. The minimum absolute atomic E-state index is 0.00186. The molecular formula is C19H30O2Si. The van der Waals surface area contributed by atoms with Gasteiger partial charge in [-0.15, -0.1) is 0 Å². The largest absolute Gasteiger partial charge is 0.397 e. The molecule has 1 aliphatic rings. The first-order valence-corrected chi connectivity index (χ1v) is 9.93. The lowest BCUT2D eigenvalue weighted by Crippen LogP contribution is -2.60. The molecule has 22 heavy (non-hydrogen) atoms. The lowest BCUT2D eigenvalue weighted by atomic mass is 9.90. The Kier molecular flexibility index (Phi) is 4.72. The number of hydrogen-bond donors (Lipinski definition) is 0. The average molecular weight is 319 g/mol. The Morgan fingerprint density at radius 1 is 1.14 bits per heavy atom. The monoisotopic (exact) mass is 318 g/mol. The van der Waals surface area contributed by atoms with Crippen molar-refractivity contribution in [3.8, 4) is 0 Å². The van der Waals surface area contributed by atoms with Gasteiger partial charge < -0.3 is 8.85 Å². The van der Waals surface area contributed by atoms with Gasteiger partial charge in [0.15, 0.2) is 0 Å². The smallest absolute Gasteiger partial charge is 0.354 e. The van der Waals surface area contributed by atoms with E-state index in [1.165, 1.54) is 11.1 Å². The molecule has 0 aliphatic heterocycles. The molecule has 0 bridgehead atoms. The van der Waals surface area contributed by atoms with Gasteiger partial charge in [0.05, 0.1) is 0 Å². The van der Waals surface area contributed by atoms with Crippen molar-refractivity contribution >= 4 is 14.6 Å². The summed E-state index contributed by atoms with van der Waals surface area (Å²) < 4.78 is 12.5. The summed E-state index contributed by atoms with van der Waals surface area (Å²) in [7, 11) is 1.15. The van der Waals surface area contributed by atoms with E-state index in [4.69, 9.17) is 8.85 Å². The first-order chi connectivity index (χ1) is 10.2. The molecule has 0 spiro atoms. The molecule has 1 unspecified atom stereocenters. The maximum absolute atomic E-state index is 6.24. The number of benzene rings is 1. The third kappa shape index (κ3) is 2.40. The highest BCUT2D eigenvalue weighted by Crippen LogP contribution is 2.59. The normalized spacial score (nSPS) is 22.0. The van der Waals surface area contributed by atoms with Crippen LogP contribution >= 0.6 is 0 Å². The summed E-state index contributed by atoms with van der Waals surface area (Å²) in [5, 5.41) is -0.0828. The van der Waals surface area contributed by atoms with Gasteiger partial charge in [-0.3, -0.25) is 0 Å². The van der Waals surface area contributed by atoms with Crippen molar-refractivity contribution in [2.45, 2.75) is 51.1 Å². The average Bonchev–Trinajstić information content (AvgIpc) is 2.48. The molecule has 0 saturated carbocycles. The van der Waals surface area contributed by atoms with Gasteiger partial charge in [-0.1, -0.05) is 71.0 Å². The molecule has 122 valence electrons. The summed E-state index contributed by atoms with van der Waals surface area (Å²) in [5.74, 6) is 0.487. The Bertz CT molecular complexity index is 558. The predicted octanol–water partition coefficient (Wildman–Crippen LogP) is 5.19. The SMILES string of the molecule is CO[Si](OC)(C1(C)C=Cc2ccccc2C1)C(C)(C)C(C)C. The zero-order valence-electron chi connectivity index (χ0n) is 15.1. The highest BCUT2D eigenvalue weighted by molar-refractivity contribution is 6.74. The molecular weight excluding hydrogens is 288 g/mol. The van der Waals surface area contributed by atoms with Crippen LogP contribution in [0.4, 0.5) is 0 Å². The van der Waals surface area contributed by atoms with Gasteiger partial charge in [0.1, 0.15) is 0 Å². The molecule has 1 aliphatic carbocycles. The van der Waals surface area contributed by atoms with E-state index in [1.54, 1.807) is 0 Å². The molecule has 2 rings (SSSR count). The molecule has 0 radical (unpaired) electrons. The van der Waals surface area contributed by atoms with Gasteiger partial charge in [0, 0.05) is 24.3 Å². The second kappa shape index (κ2) is 5.95. The van der Waals surface area contributed by atoms with Crippen molar-refractivity contribution in [2.75, 3.05) is 14.2 Å².